The summed E-state index contributed by atoms with van der Waals surface area (Å²) in [4.78, 5) is 20.4. The molecule has 5 nitrogen and oxygen atoms in total. The molecule has 0 aliphatic carbocycles. The highest BCUT2D eigenvalue weighted by atomic mass is 32.1. The van der Waals surface area contributed by atoms with Crippen molar-refractivity contribution in [1.82, 2.24) is 24.5 Å². The summed E-state index contributed by atoms with van der Waals surface area (Å²) in [7, 11) is 0. The number of rotatable bonds is 4. The van der Waals surface area contributed by atoms with E-state index in [0.29, 0.717) is 11.5 Å². The minimum atomic E-state index is 0.550. The molecule has 52 heavy (non-hydrogen) atoms. The Morgan fingerprint density at radius 3 is 1.77 bits per heavy atom. The molecule has 7 aromatic carbocycles. The van der Waals surface area contributed by atoms with Crippen LogP contribution in [0.3, 0.4) is 0 Å². The Labute approximate surface area is 302 Å². The standard InChI is InChI=1S/C46H27N5S/c1-3-11-28(12-4-1)32-21-24-39-35(25-32)44-45(52-39)43(31-15-5-2-6-16-31)49-46(50-44)36-26-48-40(27-47-36)51-37-22-19-29-13-7-9-17-33(29)41(37)42-34-18-10-8-14-30(34)20-23-38(42)51/h1-27H. The Morgan fingerprint density at radius 2 is 1.12 bits per heavy atom. The summed E-state index contributed by atoms with van der Waals surface area (Å²) in [6.45, 7) is 0. The van der Waals surface area contributed by atoms with Gasteiger partial charge in [-0.1, -0.05) is 127 Å². The molecule has 6 heteroatoms. The van der Waals surface area contributed by atoms with Gasteiger partial charge in [-0.2, -0.15) is 0 Å². The molecule has 0 amide bonds. The van der Waals surface area contributed by atoms with E-state index in [2.05, 4.69) is 144 Å². The highest BCUT2D eigenvalue weighted by Crippen LogP contribution is 2.42. The van der Waals surface area contributed by atoms with Gasteiger partial charge in [0.1, 0.15) is 5.69 Å². The molecule has 11 rings (SSSR count). The van der Waals surface area contributed by atoms with Crippen molar-refractivity contribution in [3.05, 3.63) is 164 Å². The van der Waals surface area contributed by atoms with E-state index in [0.717, 1.165) is 49.3 Å². The van der Waals surface area contributed by atoms with Crippen LogP contribution in [0.15, 0.2) is 164 Å². The number of thiophene rings is 1. The lowest BCUT2D eigenvalue weighted by Gasteiger charge is -2.09. The smallest absolute Gasteiger partial charge is 0.181 e. The van der Waals surface area contributed by atoms with E-state index < -0.39 is 0 Å². The average molecular weight is 682 g/mol. The molecule has 0 atom stereocenters. The van der Waals surface area contributed by atoms with Gasteiger partial charge in [0.05, 0.1) is 39.3 Å². The van der Waals surface area contributed by atoms with Gasteiger partial charge in [-0.15, -0.1) is 11.3 Å². The van der Waals surface area contributed by atoms with Gasteiger partial charge >= 0.3 is 0 Å². The fourth-order valence-electron chi connectivity index (χ4n) is 7.71. The van der Waals surface area contributed by atoms with Crippen molar-refractivity contribution < 1.29 is 0 Å². The summed E-state index contributed by atoms with van der Waals surface area (Å²) < 4.78 is 4.47. The molecule has 0 bridgehead atoms. The topological polar surface area (TPSA) is 56.5 Å². The van der Waals surface area contributed by atoms with Crippen molar-refractivity contribution in [2.24, 2.45) is 0 Å². The SMILES string of the molecule is c1ccc(-c2ccc3sc4c(-c5ccccc5)nc(-c5cnc(-n6c7ccc8ccccc8c7c7c8ccccc8ccc76)cn5)nc4c3c2)cc1. The first-order valence-corrected chi connectivity index (χ1v) is 18.1. The van der Waals surface area contributed by atoms with Crippen molar-refractivity contribution in [2.45, 2.75) is 0 Å². The quantitative estimate of drug-likeness (QED) is 0.185. The van der Waals surface area contributed by atoms with Gasteiger partial charge in [0.25, 0.3) is 0 Å². The van der Waals surface area contributed by atoms with E-state index in [4.69, 9.17) is 19.9 Å². The zero-order chi connectivity index (χ0) is 34.2. The largest absolute Gasteiger partial charge is 0.292 e. The van der Waals surface area contributed by atoms with Crippen LogP contribution >= 0.6 is 11.3 Å². The van der Waals surface area contributed by atoms with Crippen molar-refractivity contribution in [3.63, 3.8) is 0 Å². The predicted octanol–water partition coefficient (Wildman–Crippen LogP) is 12.0. The van der Waals surface area contributed by atoms with Gasteiger partial charge in [0.2, 0.25) is 0 Å². The second-order valence-electron chi connectivity index (χ2n) is 13.1. The maximum atomic E-state index is 5.21. The number of nitrogens with zero attached hydrogens (tertiary/aromatic N) is 5. The van der Waals surface area contributed by atoms with Gasteiger partial charge in [-0.05, 0) is 56.9 Å². The molecule has 0 saturated carbocycles. The van der Waals surface area contributed by atoms with Crippen LogP contribution in [0.25, 0.3) is 103 Å². The van der Waals surface area contributed by atoms with E-state index in [-0.39, 0.29) is 0 Å². The summed E-state index contributed by atoms with van der Waals surface area (Å²) in [5, 5.41) is 8.41. The molecule has 0 aliphatic rings. The van der Waals surface area contributed by atoms with Crippen molar-refractivity contribution in [3.8, 4) is 39.7 Å². The van der Waals surface area contributed by atoms with Gasteiger partial charge in [-0.3, -0.25) is 4.57 Å². The van der Waals surface area contributed by atoms with Gasteiger partial charge in [0.15, 0.2) is 11.6 Å². The fraction of sp³-hybridized carbons (Fsp3) is 0. The monoisotopic (exact) mass is 681 g/mol. The van der Waals surface area contributed by atoms with E-state index >= 15 is 0 Å². The zero-order valence-corrected chi connectivity index (χ0v) is 28.5. The number of hydrogen-bond acceptors (Lipinski definition) is 5. The van der Waals surface area contributed by atoms with Crippen LogP contribution in [0.4, 0.5) is 0 Å². The molecule has 0 radical (unpaired) electrons. The van der Waals surface area contributed by atoms with Crippen LogP contribution < -0.4 is 0 Å². The maximum absolute atomic E-state index is 5.21. The van der Waals surface area contributed by atoms with Crippen LogP contribution in [0.5, 0.6) is 0 Å². The second-order valence-corrected chi connectivity index (χ2v) is 14.1. The first-order valence-electron chi connectivity index (χ1n) is 17.3. The zero-order valence-electron chi connectivity index (χ0n) is 27.7. The Hall–Kier alpha value is -6.76. The number of benzene rings is 7. The summed E-state index contributed by atoms with van der Waals surface area (Å²) in [6.07, 6.45) is 3.67. The molecule has 0 spiro atoms. The number of fused-ring (bicyclic) bond motifs is 10. The molecule has 0 saturated heterocycles. The molecule has 11 aromatic rings. The molecular weight excluding hydrogens is 655 g/mol. The summed E-state index contributed by atoms with van der Waals surface area (Å²) >= 11 is 1.73. The Bertz CT molecular complexity index is 3070. The minimum absolute atomic E-state index is 0.550. The van der Waals surface area contributed by atoms with Crippen LogP contribution in [0.2, 0.25) is 0 Å². The Balaban J connectivity index is 1.12. The third kappa shape index (κ3) is 4.41. The summed E-state index contributed by atoms with van der Waals surface area (Å²) in [6, 6.07) is 53.5. The minimum Gasteiger partial charge on any atom is -0.292 e. The third-order valence-electron chi connectivity index (χ3n) is 10.1. The third-order valence-corrected chi connectivity index (χ3v) is 11.3. The number of hydrogen-bond donors (Lipinski definition) is 0. The normalized spacial score (nSPS) is 11.8. The molecule has 0 unspecified atom stereocenters. The molecule has 4 aromatic heterocycles. The molecule has 0 fully saturated rings. The van der Waals surface area contributed by atoms with Crippen LogP contribution in [-0.2, 0) is 0 Å². The molecule has 0 N–H and O–H groups in total. The second kappa shape index (κ2) is 11.4. The summed E-state index contributed by atoms with van der Waals surface area (Å²) in [5.74, 6) is 1.29. The van der Waals surface area contributed by atoms with E-state index in [1.54, 1.807) is 11.3 Å². The Kier molecular flexibility index (Phi) is 6.35. The van der Waals surface area contributed by atoms with Crippen LogP contribution in [0, 0.1) is 0 Å². The molecule has 242 valence electrons. The van der Waals surface area contributed by atoms with Crippen LogP contribution in [-0.4, -0.2) is 24.5 Å². The summed E-state index contributed by atoms with van der Waals surface area (Å²) in [5.41, 5.74) is 8.01. The highest BCUT2D eigenvalue weighted by Gasteiger charge is 2.20. The lowest BCUT2D eigenvalue weighted by molar-refractivity contribution is 1.03. The van der Waals surface area contributed by atoms with E-state index in [9.17, 15) is 0 Å². The maximum Gasteiger partial charge on any atom is 0.181 e. The van der Waals surface area contributed by atoms with E-state index in [1.807, 2.05) is 24.5 Å². The lowest BCUT2D eigenvalue weighted by atomic mass is 10.00. The van der Waals surface area contributed by atoms with Gasteiger partial charge < -0.3 is 0 Å². The van der Waals surface area contributed by atoms with Gasteiger partial charge in [0, 0.05) is 26.4 Å². The fourth-order valence-corrected chi connectivity index (χ4v) is 8.84. The highest BCUT2D eigenvalue weighted by molar-refractivity contribution is 7.26. The predicted molar refractivity (Wildman–Crippen MR) is 216 cm³/mol. The lowest BCUT2D eigenvalue weighted by Crippen LogP contribution is -2.01. The van der Waals surface area contributed by atoms with Gasteiger partial charge in [-0.25, -0.2) is 19.9 Å². The van der Waals surface area contributed by atoms with E-state index in [1.165, 1.54) is 42.6 Å². The average Bonchev–Trinajstić information content (AvgIpc) is 3.77. The van der Waals surface area contributed by atoms with Crippen molar-refractivity contribution in [1.29, 1.82) is 0 Å². The first kappa shape index (κ1) is 29.0. The van der Waals surface area contributed by atoms with Crippen molar-refractivity contribution in [2.75, 3.05) is 0 Å². The first-order chi connectivity index (χ1) is 25.8. The molecular formula is C46H27N5S. The number of aromatic nitrogens is 5. The van der Waals surface area contributed by atoms with Crippen LogP contribution in [0.1, 0.15) is 0 Å². The molecule has 4 heterocycles. The molecule has 0 aliphatic heterocycles. The Morgan fingerprint density at radius 1 is 0.481 bits per heavy atom. The van der Waals surface area contributed by atoms with Crippen molar-refractivity contribution >= 4 is 75.0 Å².